The number of fused-ring (bicyclic) bond motifs is 4. The third kappa shape index (κ3) is 3.99. The van der Waals surface area contributed by atoms with Crippen LogP contribution in [0.5, 0.6) is 11.5 Å². The van der Waals surface area contributed by atoms with Gasteiger partial charge in [0.1, 0.15) is 5.58 Å². The van der Waals surface area contributed by atoms with Gasteiger partial charge in [0.15, 0.2) is 16.9 Å². The molecule has 1 aliphatic rings. The summed E-state index contributed by atoms with van der Waals surface area (Å²) in [4.78, 5) is 31.4. The fourth-order valence-corrected chi connectivity index (χ4v) is 4.82. The van der Waals surface area contributed by atoms with Crippen LogP contribution in [0, 0.1) is 0 Å². The molecule has 7 nitrogen and oxygen atoms in total. The van der Waals surface area contributed by atoms with Crippen molar-refractivity contribution in [3.8, 4) is 11.5 Å². The van der Waals surface area contributed by atoms with Crippen LogP contribution in [-0.4, -0.2) is 56.6 Å². The van der Waals surface area contributed by atoms with Crippen molar-refractivity contribution in [1.82, 2.24) is 9.80 Å². The summed E-state index contributed by atoms with van der Waals surface area (Å²) in [6, 6.07) is 16.4. The van der Waals surface area contributed by atoms with Gasteiger partial charge in [-0.2, -0.15) is 0 Å². The molecule has 7 heteroatoms. The monoisotopic (exact) mass is 486 g/mol. The van der Waals surface area contributed by atoms with Crippen molar-refractivity contribution in [2.24, 2.45) is 0 Å². The maximum atomic E-state index is 13.9. The van der Waals surface area contributed by atoms with Crippen molar-refractivity contribution in [2.75, 3.05) is 40.9 Å². The van der Waals surface area contributed by atoms with Crippen molar-refractivity contribution >= 4 is 27.6 Å². The number of ether oxygens (including phenoxy) is 2. The molecule has 0 bridgehead atoms. The van der Waals surface area contributed by atoms with Crippen LogP contribution in [0.1, 0.15) is 41.1 Å². The average molecular weight is 487 g/mol. The predicted octanol–water partition coefficient (Wildman–Crippen LogP) is 4.85. The van der Waals surface area contributed by atoms with Crippen molar-refractivity contribution in [1.29, 1.82) is 0 Å². The predicted molar refractivity (Wildman–Crippen MR) is 140 cm³/mol. The third-order valence-electron chi connectivity index (χ3n) is 6.61. The molecule has 1 atom stereocenters. The Balaban J connectivity index is 1.71. The van der Waals surface area contributed by atoms with Crippen LogP contribution in [0.25, 0.3) is 21.7 Å². The molecule has 0 radical (unpaired) electrons. The van der Waals surface area contributed by atoms with Crippen LogP contribution >= 0.6 is 0 Å². The molecule has 0 N–H and O–H groups in total. The second-order valence-electron chi connectivity index (χ2n) is 9.30. The molecule has 186 valence electrons. The van der Waals surface area contributed by atoms with Gasteiger partial charge in [-0.15, -0.1) is 0 Å². The lowest BCUT2D eigenvalue weighted by atomic mass is 9.97. The maximum Gasteiger partial charge on any atom is 0.290 e. The van der Waals surface area contributed by atoms with Gasteiger partial charge in [0.05, 0.1) is 30.7 Å². The zero-order valence-corrected chi connectivity index (χ0v) is 21.0. The summed E-state index contributed by atoms with van der Waals surface area (Å²) in [5.74, 6) is 1.02. The Bertz CT molecular complexity index is 1510. The van der Waals surface area contributed by atoms with Crippen LogP contribution < -0.4 is 14.9 Å². The highest BCUT2D eigenvalue weighted by Crippen LogP contribution is 2.41. The summed E-state index contributed by atoms with van der Waals surface area (Å²) in [6.07, 6.45) is 0.872. The van der Waals surface area contributed by atoms with Crippen molar-refractivity contribution in [3.63, 3.8) is 0 Å². The van der Waals surface area contributed by atoms with Gasteiger partial charge in [-0.25, -0.2) is 0 Å². The van der Waals surface area contributed by atoms with E-state index >= 15 is 0 Å². The molecule has 1 amide bonds. The van der Waals surface area contributed by atoms with Gasteiger partial charge >= 0.3 is 0 Å². The quantitative estimate of drug-likeness (QED) is 0.332. The average Bonchev–Trinajstić information content (AvgIpc) is 3.17. The summed E-state index contributed by atoms with van der Waals surface area (Å²) in [5, 5.41) is 2.23. The Morgan fingerprint density at radius 3 is 2.56 bits per heavy atom. The van der Waals surface area contributed by atoms with Crippen molar-refractivity contribution in [3.05, 3.63) is 81.7 Å². The number of benzene rings is 3. The van der Waals surface area contributed by atoms with Gasteiger partial charge in [0.2, 0.25) is 5.76 Å². The number of amides is 1. The van der Waals surface area contributed by atoms with E-state index in [1.54, 1.807) is 18.1 Å². The smallest absolute Gasteiger partial charge is 0.290 e. The van der Waals surface area contributed by atoms with E-state index in [4.69, 9.17) is 13.9 Å². The molecule has 1 aromatic heterocycles. The van der Waals surface area contributed by atoms with E-state index in [1.165, 1.54) is 0 Å². The number of likely N-dealkylation sites (N-methyl/N-ethyl adjacent to an activating group) is 1. The Hall–Kier alpha value is -3.84. The number of carbonyl (C=O) groups excluding carboxylic acids is 1. The van der Waals surface area contributed by atoms with E-state index in [-0.39, 0.29) is 17.1 Å². The lowest BCUT2D eigenvalue weighted by molar-refractivity contribution is 0.0716. The van der Waals surface area contributed by atoms with Crippen LogP contribution in [0.3, 0.4) is 0 Å². The van der Waals surface area contributed by atoms with Gasteiger partial charge in [0.25, 0.3) is 5.91 Å². The SMILES string of the molecule is CCCOc1ccc(C2c3c(oc4c(ccc5ccccc54)c3=O)C(=O)N2CCN(C)C)cc1OC. The minimum Gasteiger partial charge on any atom is -0.493 e. The molecule has 5 rings (SSSR count). The van der Waals surface area contributed by atoms with E-state index in [1.807, 2.05) is 74.4 Å². The molecule has 0 saturated heterocycles. The minimum atomic E-state index is -0.589. The minimum absolute atomic E-state index is 0.109. The van der Waals surface area contributed by atoms with E-state index in [0.29, 0.717) is 47.7 Å². The summed E-state index contributed by atoms with van der Waals surface area (Å²) in [5.41, 5.74) is 1.40. The molecular weight excluding hydrogens is 456 g/mol. The van der Waals surface area contributed by atoms with E-state index in [2.05, 4.69) is 0 Å². The molecule has 0 fully saturated rings. The number of carbonyl (C=O) groups is 1. The van der Waals surface area contributed by atoms with Gasteiger partial charge in [-0.3, -0.25) is 9.59 Å². The largest absolute Gasteiger partial charge is 0.493 e. The van der Waals surface area contributed by atoms with E-state index < -0.39 is 6.04 Å². The summed E-state index contributed by atoms with van der Waals surface area (Å²) < 4.78 is 17.7. The fourth-order valence-electron chi connectivity index (χ4n) is 4.82. The first kappa shape index (κ1) is 23.9. The molecular formula is C29H30N2O5. The second-order valence-corrected chi connectivity index (χ2v) is 9.30. The standard InChI is InChI=1S/C29H30N2O5/c1-5-16-35-22-13-11-19(17-23(22)34-4)25-24-26(32)21-12-10-18-8-6-7-9-20(18)27(21)36-28(24)29(33)31(25)15-14-30(2)3/h6-13,17,25H,5,14-16H2,1-4H3. The van der Waals surface area contributed by atoms with Crippen molar-refractivity contribution in [2.45, 2.75) is 19.4 Å². The normalized spacial score (nSPS) is 15.2. The first-order chi connectivity index (χ1) is 17.4. The molecule has 0 aliphatic carbocycles. The Morgan fingerprint density at radius 1 is 1.00 bits per heavy atom. The molecule has 1 unspecified atom stereocenters. The highest BCUT2D eigenvalue weighted by Gasteiger charge is 2.43. The van der Waals surface area contributed by atoms with Gasteiger partial charge in [-0.1, -0.05) is 43.3 Å². The number of nitrogens with zero attached hydrogens (tertiary/aromatic N) is 2. The molecule has 3 aromatic carbocycles. The third-order valence-corrected chi connectivity index (χ3v) is 6.61. The topological polar surface area (TPSA) is 72.2 Å². The zero-order chi connectivity index (χ0) is 25.4. The van der Waals surface area contributed by atoms with Crippen molar-refractivity contribution < 1.29 is 18.7 Å². The Kier molecular flexibility index (Phi) is 6.41. The Morgan fingerprint density at radius 2 is 1.81 bits per heavy atom. The summed E-state index contributed by atoms with van der Waals surface area (Å²) >= 11 is 0. The second kappa shape index (κ2) is 9.66. The molecule has 36 heavy (non-hydrogen) atoms. The molecule has 0 saturated carbocycles. The zero-order valence-electron chi connectivity index (χ0n) is 21.0. The maximum absolute atomic E-state index is 13.9. The van der Waals surface area contributed by atoms with E-state index in [9.17, 15) is 9.59 Å². The molecule has 0 spiro atoms. The van der Waals surface area contributed by atoms with Crippen LogP contribution in [0.4, 0.5) is 0 Å². The number of hydrogen-bond donors (Lipinski definition) is 0. The van der Waals surface area contributed by atoms with Crippen LogP contribution in [0.15, 0.2) is 63.8 Å². The molecule has 4 aromatic rings. The Labute approximate surface area is 209 Å². The lowest BCUT2D eigenvalue weighted by Crippen LogP contribution is -2.35. The van der Waals surface area contributed by atoms with Crippen LogP contribution in [0.2, 0.25) is 0 Å². The number of methoxy groups -OCH3 is 1. The van der Waals surface area contributed by atoms with E-state index in [0.717, 1.165) is 22.8 Å². The van der Waals surface area contributed by atoms with Crippen LogP contribution in [-0.2, 0) is 0 Å². The summed E-state index contributed by atoms with van der Waals surface area (Å²) in [7, 11) is 5.49. The highest BCUT2D eigenvalue weighted by molar-refractivity contribution is 6.06. The first-order valence-electron chi connectivity index (χ1n) is 12.2. The first-order valence-corrected chi connectivity index (χ1v) is 12.2. The fraction of sp³-hybridized carbons (Fsp3) is 0.310. The van der Waals surface area contributed by atoms with Gasteiger partial charge in [-0.05, 0) is 49.7 Å². The lowest BCUT2D eigenvalue weighted by Gasteiger charge is -2.27. The number of hydrogen-bond acceptors (Lipinski definition) is 6. The molecule has 2 heterocycles. The van der Waals surface area contributed by atoms with Gasteiger partial charge < -0.3 is 23.7 Å². The molecule has 1 aliphatic heterocycles. The van der Waals surface area contributed by atoms with Gasteiger partial charge in [0, 0.05) is 18.5 Å². The summed E-state index contributed by atoms with van der Waals surface area (Å²) in [6.45, 7) is 3.69. The highest BCUT2D eigenvalue weighted by atomic mass is 16.5. The number of rotatable bonds is 8.